The third kappa shape index (κ3) is 3.35. The van der Waals surface area contributed by atoms with Crippen molar-refractivity contribution in [2.24, 2.45) is 0 Å². The average Bonchev–Trinajstić information content (AvgIpc) is 2.47. The Morgan fingerprint density at radius 3 is 2.64 bits per heavy atom. The molecule has 0 heterocycles. The lowest BCUT2D eigenvalue weighted by Gasteiger charge is -2.07. The molecule has 0 saturated heterocycles. The van der Waals surface area contributed by atoms with E-state index in [0.29, 0.717) is 16.7 Å². The molecular formula is C16H12FNO4. The van der Waals surface area contributed by atoms with Crippen LogP contribution < -0.4 is 0 Å². The van der Waals surface area contributed by atoms with Gasteiger partial charge in [0.05, 0.1) is 4.92 Å². The highest BCUT2D eigenvalue weighted by Gasteiger charge is 2.12. The maximum absolute atomic E-state index is 14.0. The molecule has 0 aliphatic heterocycles. The molecule has 0 aliphatic rings. The monoisotopic (exact) mass is 301 g/mol. The summed E-state index contributed by atoms with van der Waals surface area (Å²) >= 11 is 0. The van der Waals surface area contributed by atoms with E-state index in [9.17, 15) is 19.3 Å². The summed E-state index contributed by atoms with van der Waals surface area (Å²) in [4.78, 5) is 20.9. The van der Waals surface area contributed by atoms with Gasteiger partial charge in [-0.05, 0) is 35.8 Å². The minimum atomic E-state index is -1.10. The van der Waals surface area contributed by atoms with Gasteiger partial charge >= 0.3 is 5.97 Å². The Labute approximate surface area is 125 Å². The molecule has 0 saturated carbocycles. The van der Waals surface area contributed by atoms with Crippen LogP contribution in [-0.4, -0.2) is 16.0 Å². The van der Waals surface area contributed by atoms with Crippen LogP contribution in [0.5, 0.6) is 0 Å². The molecule has 1 N–H and O–H groups in total. The maximum Gasteiger partial charge on any atom is 0.328 e. The Morgan fingerprint density at radius 1 is 1.27 bits per heavy atom. The van der Waals surface area contributed by atoms with Crippen LogP contribution in [0.2, 0.25) is 0 Å². The fraction of sp³-hybridized carbons (Fsp3) is 0.0625. The number of nitro groups is 1. The molecular weight excluding hydrogens is 289 g/mol. The third-order valence-corrected chi connectivity index (χ3v) is 3.13. The van der Waals surface area contributed by atoms with Gasteiger partial charge in [-0.15, -0.1) is 0 Å². The van der Waals surface area contributed by atoms with Crippen LogP contribution in [0.1, 0.15) is 12.5 Å². The second-order valence-corrected chi connectivity index (χ2v) is 4.67. The summed E-state index contributed by atoms with van der Waals surface area (Å²) in [5.74, 6) is -1.63. The van der Waals surface area contributed by atoms with Crippen molar-refractivity contribution < 1.29 is 19.2 Å². The van der Waals surface area contributed by atoms with Crippen LogP contribution in [0.25, 0.3) is 16.7 Å². The van der Waals surface area contributed by atoms with Crippen molar-refractivity contribution in [3.8, 4) is 11.1 Å². The lowest BCUT2D eigenvalue weighted by Crippen LogP contribution is -1.93. The summed E-state index contributed by atoms with van der Waals surface area (Å²) in [7, 11) is 0. The molecule has 2 rings (SSSR count). The molecule has 2 aromatic rings. The minimum Gasteiger partial charge on any atom is -0.478 e. The number of nitro benzene ring substituents is 1. The predicted molar refractivity (Wildman–Crippen MR) is 79.8 cm³/mol. The van der Waals surface area contributed by atoms with Gasteiger partial charge in [-0.25, -0.2) is 9.18 Å². The Balaban J connectivity index is 2.54. The lowest BCUT2D eigenvalue weighted by atomic mass is 9.98. The molecule has 22 heavy (non-hydrogen) atoms. The number of carboxylic acids is 1. The maximum atomic E-state index is 14.0. The normalized spacial score (nSPS) is 11.3. The number of hydrogen-bond donors (Lipinski definition) is 1. The van der Waals surface area contributed by atoms with Gasteiger partial charge in [0.2, 0.25) is 0 Å². The third-order valence-electron chi connectivity index (χ3n) is 3.13. The Hall–Kier alpha value is -3.02. The van der Waals surface area contributed by atoms with Gasteiger partial charge in [0.25, 0.3) is 5.69 Å². The fourth-order valence-corrected chi connectivity index (χ4v) is 2.05. The molecule has 0 bridgehead atoms. The van der Waals surface area contributed by atoms with Crippen LogP contribution in [0, 0.1) is 15.9 Å². The number of non-ortho nitro benzene ring substituents is 1. The zero-order chi connectivity index (χ0) is 16.3. The number of aliphatic carboxylic acids is 1. The van der Waals surface area contributed by atoms with Gasteiger partial charge < -0.3 is 5.11 Å². The fourth-order valence-electron chi connectivity index (χ4n) is 2.05. The van der Waals surface area contributed by atoms with Crippen molar-refractivity contribution in [1.29, 1.82) is 0 Å². The van der Waals surface area contributed by atoms with Crippen molar-refractivity contribution in [3.05, 3.63) is 70.0 Å². The van der Waals surface area contributed by atoms with Crippen molar-refractivity contribution in [3.63, 3.8) is 0 Å². The van der Waals surface area contributed by atoms with Crippen LogP contribution in [-0.2, 0) is 4.79 Å². The smallest absolute Gasteiger partial charge is 0.328 e. The molecule has 0 radical (unpaired) electrons. The van der Waals surface area contributed by atoms with Crippen LogP contribution >= 0.6 is 0 Å². The number of nitrogens with zero attached hydrogens (tertiary/aromatic N) is 1. The van der Waals surface area contributed by atoms with Crippen LogP contribution in [0.4, 0.5) is 10.1 Å². The summed E-state index contributed by atoms with van der Waals surface area (Å²) in [6.45, 7) is 1.60. The molecule has 5 nitrogen and oxygen atoms in total. The zero-order valence-electron chi connectivity index (χ0n) is 11.6. The molecule has 2 aromatic carbocycles. The molecule has 0 amide bonds. The first-order valence-electron chi connectivity index (χ1n) is 6.34. The summed E-state index contributed by atoms with van der Waals surface area (Å²) in [6.07, 6.45) is 1.02. The van der Waals surface area contributed by atoms with Crippen molar-refractivity contribution in [2.45, 2.75) is 6.92 Å². The molecule has 0 unspecified atom stereocenters. The van der Waals surface area contributed by atoms with Gasteiger partial charge in [-0.3, -0.25) is 10.1 Å². The van der Waals surface area contributed by atoms with Gasteiger partial charge in [0.1, 0.15) is 5.82 Å². The Bertz CT molecular complexity index is 783. The highest BCUT2D eigenvalue weighted by molar-refractivity contribution is 5.90. The zero-order valence-corrected chi connectivity index (χ0v) is 11.6. The SMILES string of the molecule is C/C(=C\C(=O)O)c1ccc(F)c(-c2cccc([N+](=O)[O-])c2)c1. The molecule has 112 valence electrons. The largest absolute Gasteiger partial charge is 0.478 e. The Morgan fingerprint density at radius 2 is 2.00 bits per heavy atom. The highest BCUT2D eigenvalue weighted by Crippen LogP contribution is 2.29. The summed E-state index contributed by atoms with van der Waals surface area (Å²) < 4.78 is 14.0. The first-order chi connectivity index (χ1) is 10.4. The molecule has 0 spiro atoms. The standard InChI is InChI=1S/C16H12FNO4/c1-10(7-16(19)20)11-5-6-15(17)14(9-11)12-3-2-4-13(8-12)18(21)22/h2-9H,1H3,(H,19,20)/b10-7+. The van der Waals surface area contributed by atoms with E-state index >= 15 is 0 Å². The number of hydrogen-bond acceptors (Lipinski definition) is 3. The quantitative estimate of drug-likeness (QED) is 0.528. The van der Waals surface area contributed by atoms with Crippen LogP contribution in [0.3, 0.4) is 0 Å². The molecule has 0 aromatic heterocycles. The van der Waals surface area contributed by atoms with Crippen molar-refractivity contribution in [2.75, 3.05) is 0 Å². The molecule has 0 atom stereocenters. The lowest BCUT2D eigenvalue weighted by molar-refractivity contribution is -0.384. The van der Waals surface area contributed by atoms with Crippen molar-refractivity contribution >= 4 is 17.2 Å². The Kier molecular flexibility index (Phi) is 4.31. The summed E-state index contributed by atoms with van der Waals surface area (Å²) in [5, 5.41) is 19.6. The number of carbonyl (C=O) groups is 1. The average molecular weight is 301 g/mol. The van der Waals surface area contributed by atoms with Crippen LogP contribution in [0.15, 0.2) is 48.5 Å². The highest BCUT2D eigenvalue weighted by atomic mass is 19.1. The molecule has 0 aliphatic carbocycles. The topological polar surface area (TPSA) is 80.4 Å². The first kappa shape index (κ1) is 15.4. The van der Waals surface area contributed by atoms with E-state index in [2.05, 4.69) is 0 Å². The first-order valence-corrected chi connectivity index (χ1v) is 6.34. The van der Waals surface area contributed by atoms with Crippen molar-refractivity contribution in [1.82, 2.24) is 0 Å². The van der Waals surface area contributed by atoms with Gasteiger partial charge in [0.15, 0.2) is 0 Å². The van der Waals surface area contributed by atoms with E-state index in [1.807, 2.05) is 0 Å². The predicted octanol–water partition coefficient (Wildman–Crippen LogP) is 3.89. The number of rotatable bonds is 4. The molecule has 6 heteroatoms. The molecule has 0 fully saturated rings. The van der Waals surface area contributed by atoms with Gasteiger partial charge in [0, 0.05) is 23.8 Å². The van der Waals surface area contributed by atoms with E-state index in [-0.39, 0.29) is 11.3 Å². The number of benzene rings is 2. The van der Waals surface area contributed by atoms with E-state index in [4.69, 9.17) is 5.11 Å². The second kappa shape index (κ2) is 6.17. The van der Waals surface area contributed by atoms with E-state index in [1.54, 1.807) is 13.0 Å². The number of halogens is 1. The second-order valence-electron chi connectivity index (χ2n) is 4.67. The van der Waals surface area contributed by atoms with E-state index in [1.165, 1.54) is 36.4 Å². The van der Waals surface area contributed by atoms with E-state index in [0.717, 1.165) is 6.08 Å². The number of allylic oxidation sites excluding steroid dienone is 1. The van der Waals surface area contributed by atoms with Gasteiger partial charge in [-0.1, -0.05) is 18.2 Å². The summed E-state index contributed by atoms with van der Waals surface area (Å²) in [5.41, 5.74) is 1.39. The van der Waals surface area contributed by atoms with Gasteiger partial charge in [-0.2, -0.15) is 0 Å². The van der Waals surface area contributed by atoms with E-state index < -0.39 is 16.7 Å². The summed E-state index contributed by atoms with van der Waals surface area (Å²) in [6, 6.07) is 9.78. The minimum absolute atomic E-state index is 0.139. The number of carboxylic acid groups (broad SMARTS) is 1.